The number of anilines is 1. The molecule has 0 spiro atoms. The van der Waals surface area contributed by atoms with E-state index in [9.17, 15) is 0 Å². The Morgan fingerprint density at radius 3 is 2.72 bits per heavy atom. The second kappa shape index (κ2) is 4.47. The molecule has 3 heteroatoms. The van der Waals surface area contributed by atoms with Gasteiger partial charge in [0.15, 0.2) is 0 Å². The van der Waals surface area contributed by atoms with Gasteiger partial charge in [-0.15, -0.1) is 0 Å². The minimum absolute atomic E-state index is 0.654. The Morgan fingerprint density at radius 1 is 1.39 bits per heavy atom. The van der Waals surface area contributed by atoms with E-state index in [1.54, 1.807) is 7.11 Å². The second-order valence-electron chi connectivity index (χ2n) is 5.80. The lowest BCUT2D eigenvalue weighted by Gasteiger charge is -2.16. The first-order valence-corrected chi connectivity index (χ1v) is 6.87. The topological polar surface area (TPSA) is 47.3 Å². The van der Waals surface area contributed by atoms with Gasteiger partial charge in [0.2, 0.25) is 0 Å². The van der Waals surface area contributed by atoms with E-state index >= 15 is 0 Å². The summed E-state index contributed by atoms with van der Waals surface area (Å²) < 4.78 is 5.16. The predicted molar refractivity (Wildman–Crippen MR) is 73.5 cm³/mol. The molecule has 0 unspecified atom stereocenters. The lowest BCUT2D eigenvalue weighted by atomic mass is 10.0. The standard InChI is InChI=1S/C15H22N2O/c1-18-13-5-2-11(14(16)8-13)9-17-10-15(6-7-15)12-3-4-12/h2,5,8,12,17H,3-4,6-7,9-10,16H2,1H3. The monoisotopic (exact) mass is 246 g/mol. The summed E-state index contributed by atoms with van der Waals surface area (Å²) in [6.45, 7) is 2.02. The molecule has 0 saturated heterocycles. The third kappa shape index (κ3) is 2.32. The molecule has 0 aromatic heterocycles. The van der Waals surface area contributed by atoms with Gasteiger partial charge in [-0.2, -0.15) is 0 Å². The summed E-state index contributed by atoms with van der Waals surface area (Å²) in [7, 11) is 1.67. The number of nitrogen functional groups attached to an aromatic ring is 1. The zero-order valence-electron chi connectivity index (χ0n) is 11.0. The highest BCUT2D eigenvalue weighted by Gasteiger charge is 2.53. The van der Waals surface area contributed by atoms with Gasteiger partial charge in [0.25, 0.3) is 0 Å². The van der Waals surface area contributed by atoms with Crippen LogP contribution in [0.4, 0.5) is 5.69 Å². The molecule has 1 aromatic rings. The van der Waals surface area contributed by atoms with E-state index in [-0.39, 0.29) is 0 Å². The van der Waals surface area contributed by atoms with E-state index in [1.165, 1.54) is 31.2 Å². The maximum Gasteiger partial charge on any atom is 0.120 e. The van der Waals surface area contributed by atoms with Crippen molar-refractivity contribution in [3.05, 3.63) is 23.8 Å². The minimum Gasteiger partial charge on any atom is -0.497 e. The van der Waals surface area contributed by atoms with Gasteiger partial charge in [-0.05, 0) is 48.6 Å². The quantitative estimate of drug-likeness (QED) is 0.758. The fourth-order valence-corrected chi connectivity index (χ4v) is 2.89. The number of nitrogens with one attached hydrogen (secondary N) is 1. The van der Waals surface area contributed by atoms with Crippen LogP contribution in [0.1, 0.15) is 31.2 Å². The molecule has 3 N–H and O–H groups in total. The van der Waals surface area contributed by atoms with Crippen LogP contribution in [0.2, 0.25) is 0 Å². The van der Waals surface area contributed by atoms with Gasteiger partial charge >= 0.3 is 0 Å². The Balaban J connectivity index is 1.53. The van der Waals surface area contributed by atoms with Crippen molar-refractivity contribution >= 4 is 5.69 Å². The largest absolute Gasteiger partial charge is 0.497 e. The van der Waals surface area contributed by atoms with Crippen molar-refractivity contribution in [1.29, 1.82) is 0 Å². The first-order valence-electron chi connectivity index (χ1n) is 6.87. The third-order valence-corrected chi connectivity index (χ3v) is 4.48. The van der Waals surface area contributed by atoms with Crippen LogP contribution >= 0.6 is 0 Å². The Bertz CT molecular complexity index is 436. The Hall–Kier alpha value is -1.22. The number of hydrogen-bond acceptors (Lipinski definition) is 3. The molecule has 3 nitrogen and oxygen atoms in total. The highest BCUT2D eigenvalue weighted by atomic mass is 16.5. The molecule has 0 amide bonds. The van der Waals surface area contributed by atoms with Gasteiger partial charge in [0, 0.05) is 24.8 Å². The van der Waals surface area contributed by atoms with Crippen LogP contribution in [0.25, 0.3) is 0 Å². The fraction of sp³-hybridized carbons (Fsp3) is 0.600. The first kappa shape index (κ1) is 11.8. The molecule has 18 heavy (non-hydrogen) atoms. The van der Waals surface area contributed by atoms with Crippen LogP contribution in [0.15, 0.2) is 18.2 Å². The molecule has 0 bridgehead atoms. The van der Waals surface area contributed by atoms with Crippen molar-refractivity contribution in [3.63, 3.8) is 0 Å². The first-order chi connectivity index (χ1) is 8.73. The Morgan fingerprint density at radius 2 is 2.17 bits per heavy atom. The van der Waals surface area contributed by atoms with Crippen molar-refractivity contribution in [2.75, 3.05) is 19.4 Å². The molecular weight excluding hydrogens is 224 g/mol. The third-order valence-electron chi connectivity index (χ3n) is 4.48. The van der Waals surface area contributed by atoms with E-state index in [0.29, 0.717) is 5.41 Å². The number of hydrogen-bond donors (Lipinski definition) is 2. The highest BCUT2D eigenvalue weighted by molar-refractivity contribution is 5.51. The van der Waals surface area contributed by atoms with Gasteiger partial charge in [-0.3, -0.25) is 0 Å². The van der Waals surface area contributed by atoms with Gasteiger partial charge < -0.3 is 15.8 Å². The van der Waals surface area contributed by atoms with Crippen LogP contribution in [-0.2, 0) is 6.54 Å². The number of nitrogens with two attached hydrogens (primary N) is 1. The van der Waals surface area contributed by atoms with Crippen LogP contribution < -0.4 is 15.8 Å². The van der Waals surface area contributed by atoms with Gasteiger partial charge in [-0.1, -0.05) is 6.07 Å². The van der Waals surface area contributed by atoms with Crippen LogP contribution in [0.5, 0.6) is 5.75 Å². The molecule has 0 atom stereocenters. The zero-order valence-corrected chi connectivity index (χ0v) is 11.0. The molecule has 2 saturated carbocycles. The molecule has 2 aliphatic rings. The van der Waals surface area contributed by atoms with Crippen molar-refractivity contribution in [2.45, 2.75) is 32.2 Å². The van der Waals surface area contributed by atoms with E-state index in [4.69, 9.17) is 10.5 Å². The molecule has 2 aliphatic carbocycles. The van der Waals surface area contributed by atoms with Crippen molar-refractivity contribution in [2.24, 2.45) is 11.3 Å². The highest BCUT2D eigenvalue weighted by Crippen LogP contribution is 2.60. The number of ether oxygens (including phenoxy) is 1. The van der Waals surface area contributed by atoms with E-state index in [1.807, 2.05) is 12.1 Å². The van der Waals surface area contributed by atoms with Gasteiger partial charge in [0.05, 0.1) is 7.11 Å². The average Bonchev–Trinajstić information content (AvgIpc) is 3.24. The normalized spacial score (nSPS) is 20.7. The summed E-state index contributed by atoms with van der Waals surface area (Å²) in [5.41, 5.74) is 8.66. The van der Waals surface area contributed by atoms with Crippen molar-refractivity contribution < 1.29 is 4.74 Å². The van der Waals surface area contributed by atoms with Gasteiger partial charge in [0.1, 0.15) is 5.75 Å². The molecule has 0 heterocycles. The lowest BCUT2D eigenvalue weighted by Crippen LogP contribution is -2.25. The molecule has 3 rings (SSSR count). The smallest absolute Gasteiger partial charge is 0.120 e. The summed E-state index contributed by atoms with van der Waals surface area (Å²) in [6, 6.07) is 5.92. The van der Waals surface area contributed by atoms with E-state index < -0.39 is 0 Å². The van der Waals surface area contributed by atoms with Gasteiger partial charge in [-0.25, -0.2) is 0 Å². The van der Waals surface area contributed by atoms with Crippen LogP contribution in [0, 0.1) is 11.3 Å². The molecule has 0 radical (unpaired) electrons. The summed E-state index contributed by atoms with van der Waals surface area (Å²) in [6.07, 6.45) is 5.74. The molecule has 98 valence electrons. The zero-order chi connectivity index (χ0) is 12.6. The summed E-state index contributed by atoms with van der Waals surface area (Å²) in [4.78, 5) is 0. The van der Waals surface area contributed by atoms with Crippen molar-refractivity contribution in [3.8, 4) is 5.75 Å². The van der Waals surface area contributed by atoms with E-state index in [2.05, 4.69) is 11.4 Å². The molecule has 1 aromatic carbocycles. The molecule has 0 aliphatic heterocycles. The summed E-state index contributed by atoms with van der Waals surface area (Å²) in [5, 5.41) is 3.58. The second-order valence-corrected chi connectivity index (χ2v) is 5.80. The number of rotatable bonds is 6. The number of benzene rings is 1. The van der Waals surface area contributed by atoms with Crippen LogP contribution in [0.3, 0.4) is 0 Å². The average molecular weight is 246 g/mol. The minimum atomic E-state index is 0.654. The van der Waals surface area contributed by atoms with Crippen molar-refractivity contribution in [1.82, 2.24) is 5.32 Å². The summed E-state index contributed by atoms with van der Waals surface area (Å²) >= 11 is 0. The maximum atomic E-state index is 6.01. The maximum absolute atomic E-state index is 6.01. The van der Waals surface area contributed by atoms with E-state index in [0.717, 1.165) is 30.4 Å². The Kier molecular flexibility index (Phi) is 2.94. The predicted octanol–water partition coefficient (Wildman–Crippen LogP) is 2.56. The lowest BCUT2D eigenvalue weighted by molar-refractivity contribution is 0.403. The SMILES string of the molecule is COc1ccc(CNCC2(C3CC3)CC2)c(N)c1. The van der Waals surface area contributed by atoms with Crippen LogP contribution in [-0.4, -0.2) is 13.7 Å². The Labute approximate surface area is 109 Å². The summed E-state index contributed by atoms with van der Waals surface area (Å²) in [5.74, 6) is 1.84. The molecule has 2 fully saturated rings. The molecular formula is C15H22N2O. The number of methoxy groups -OCH3 is 1. The fourth-order valence-electron chi connectivity index (χ4n) is 2.89.